The molecule has 3 rings (SSSR count). The summed E-state index contributed by atoms with van der Waals surface area (Å²) in [4.78, 5) is 19.2. The van der Waals surface area contributed by atoms with Gasteiger partial charge < -0.3 is 10.0 Å². The highest BCUT2D eigenvalue weighted by Gasteiger charge is 2.29. The van der Waals surface area contributed by atoms with E-state index in [0.717, 1.165) is 36.7 Å². The molecule has 0 spiro atoms. The van der Waals surface area contributed by atoms with Crippen LogP contribution in [0.3, 0.4) is 0 Å². The van der Waals surface area contributed by atoms with Crippen LogP contribution in [0, 0.1) is 0 Å². The Balaban J connectivity index is 1.86. The number of carboxylic acid groups (broad SMARTS) is 1. The van der Waals surface area contributed by atoms with Crippen LogP contribution in [0.15, 0.2) is 22.0 Å². The molecule has 124 valence electrons. The van der Waals surface area contributed by atoms with Crippen molar-refractivity contribution in [3.8, 4) is 0 Å². The summed E-state index contributed by atoms with van der Waals surface area (Å²) in [6.07, 6.45) is 1.62. The first-order valence-corrected chi connectivity index (χ1v) is 9.53. The van der Waals surface area contributed by atoms with Crippen molar-refractivity contribution in [2.45, 2.75) is 37.0 Å². The number of hydrogen-bond acceptors (Lipinski definition) is 4. The third-order valence-corrected chi connectivity index (χ3v) is 5.74. The summed E-state index contributed by atoms with van der Waals surface area (Å²) < 4.78 is 0. The molecule has 0 bridgehead atoms. The molecule has 1 aromatic carbocycles. The quantitative estimate of drug-likeness (QED) is 0.776. The Labute approximate surface area is 145 Å². The first-order chi connectivity index (χ1) is 11.1. The van der Waals surface area contributed by atoms with Gasteiger partial charge in [0, 0.05) is 42.8 Å². The fraction of sp³-hybridized carbons (Fsp3) is 0.529. The van der Waals surface area contributed by atoms with Crippen LogP contribution < -0.4 is 4.90 Å². The van der Waals surface area contributed by atoms with E-state index in [2.05, 4.69) is 24.0 Å². The lowest BCUT2D eigenvalue weighted by molar-refractivity contribution is -0.137. The number of alkyl halides is 1. The fourth-order valence-corrected chi connectivity index (χ4v) is 4.62. The van der Waals surface area contributed by atoms with Gasteiger partial charge in [-0.25, -0.2) is 0 Å². The number of halogens is 1. The summed E-state index contributed by atoms with van der Waals surface area (Å²) in [6.45, 7) is 4.05. The molecule has 0 aliphatic carbocycles. The third-order valence-electron chi connectivity index (χ3n) is 4.49. The smallest absolute Gasteiger partial charge is 0.303 e. The van der Waals surface area contributed by atoms with Crippen molar-refractivity contribution in [1.82, 2.24) is 0 Å². The second-order valence-corrected chi connectivity index (χ2v) is 7.43. The predicted octanol–water partition coefficient (Wildman–Crippen LogP) is 4.28. The molecule has 2 aliphatic heterocycles. The van der Waals surface area contributed by atoms with Crippen LogP contribution in [-0.2, 0) is 4.79 Å². The summed E-state index contributed by atoms with van der Waals surface area (Å²) in [5, 5.41) is 8.81. The highest BCUT2D eigenvalue weighted by Crippen LogP contribution is 2.49. The minimum atomic E-state index is -0.738. The standard InChI is InChI=1S/C17H21ClN2O2S/c1-11-12-5-6-14-17(23-10-9-20(14)8-7-18)16(12)19-13(11)3-2-4-15(21)22/h5-6,11H,2-4,7-10H2,1H3,(H,21,22). The molecule has 1 aromatic rings. The molecule has 0 radical (unpaired) electrons. The van der Waals surface area contributed by atoms with Crippen molar-refractivity contribution in [3.63, 3.8) is 0 Å². The van der Waals surface area contributed by atoms with E-state index in [0.29, 0.717) is 12.3 Å². The van der Waals surface area contributed by atoms with Gasteiger partial charge in [-0.1, -0.05) is 13.0 Å². The average Bonchev–Trinajstić information content (AvgIpc) is 2.85. The van der Waals surface area contributed by atoms with Crippen LogP contribution in [0.2, 0.25) is 0 Å². The maximum Gasteiger partial charge on any atom is 0.303 e. The van der Waals surface area contributed by atoms with Crippen LogP contribution in [0.1, 0.15) is 37.7 Å². The number of carbonyl (C=O) groups is 1. The number of nitrogens with zero attached hydrogens (tertiary/aromatic N) is 2. The van der Waals surface area contributed by atoms with Gasteiger partial charge in [0.1, 0.15) is 0 Å². The molecule has 2 aliphatic rings. The van der Waals surface area contributed by atoms with E-state index in [4.69, 9.17) is 21.7 Å². The van der Waals surface area contributed by atoms with E-state index >= 15 is 0 Å². The molecule has 0 aromatic heterocycles. The van der Waals surface area contributed by atoms with Crippen LogP contribution in [0.4, 0.5) is 11.4 Å². The number of rotatable bonds is 6. The van der Waals surface area contributed by atoms with Gasteiger partial charge in [-0.05, 0) is 24.5 Å². The number of thioether (sulfide) groups is 1. The van der Waals surface area contributed by atoms with Gasteiger partial charge in [-0.15, -0.1) is 23.4 Å². The van der Waals surface area contributed by atoms with E-state index < -0.39 is 5.97 Å². The van der Waals surface area contributed by atoms with Crippen molar-refractivity contribution in [3.05, 3.63) is 17.7 Å². The third kappa shape index (κ3) is 3.36. The summed E-state index contributed by atoms with van der Waals surface area (Å²) in [7, 11) is 0. The fourth-order valence-electron chi connectivity index (χ4n) is 3.26. The van der Waals surface area contributed by atoms with Gasteiger partial charge in [0.25, 0.3) is 0 Å². The molecule has 0 saturated heterocycles. The van der Waals surface area contributed by atoms with E-state index in [1.165, 1.54) is 16.1 Å². The Hall–Kier alpha value is -1.20. The highest BCUT2D eigenvalue weighted by atomic mass is 35.5. The van der Waals surface area contributed by atoms with Gasteiger partial charge in [-0.3, -0.25) is 9.79 Å². The average molecular weight is 353 g/mol. The Bertz CT molecular complexity index is 648. The van der Waals surface area contributed by atoms with E-state index in [9.17, 15) is 4.79 Å². The van der Waals surface area contributed by atoms with Gasteiger partial charge in [0.2, 0.25) is 0 Å². The number of carboxylic acids is 1. The molecule has 0 fully saturated rings. The molecule has 23 heavy (non-hydrogen) atoms. The Morgan fingerprint density at radius 3 is 3.09 bits per heavy atom. The number of hydrogen-bond donors (Lipinski definition) is 1. The zero-order valence-corrected chi connectivity index (χ0v) is 14.8. The maximum atomic E-state index is 10.7. The lowest BCUT2D eigenvalue weighted by atomic mass is 9.94. The second-order valence-electron chi connectivity index (χ2n) is 5.95. The molecule has 1 N–H and O–H groups in total. The monoisotopic (exact) mass is 352 g/mol. The van der Waals surface area contributed by atoms with E-state index in [1.807, 2.05) is 11.8 Å². The predicted molar refractivity (Wildman–Crippen MR) is 97.1 cm³/mol. The zero-order chi connectivity index (χ0) is 16.4. The van der Waals surface area contributed by atoms with Gasteiger partial charge in [0.15, 0.2) is 0 Å². The van der Waals surface area contributed by atoms with E-state index in [1.54, 1.807) is 0 Å². The minimum Gasteiger partial charge on any atom is -0.481 e. The molecule has 4 nitrogen and oxygen atoms in total. The molecule has 0 amide bonds. The van der Waals surface area contributed by atoms with Crippen molar-refractivity contribution >= 4 is 46.4 Å². The lowest BCUT2D eigenvalue weighted by Gasteiger charge is -2.31. The minimum absolute atomic E-state index is 0.207. The number of aliphatic imine (C=N–C) groups is 1. The van der Waals surface area contributed by atoms with Crippen LogP contribution in [0.25, 0.3) is 0 Å². The van der Waals surface area contributed by atoms with Crippen LogP contribution in [-0.4, -0.2) is 41.5 Å². The van der Waals surface area contributed by atoms with Crippen molar-refractivity contribution in [1.29, 1.82) is 0 Å². The summed E-state index contributed by atoms with van der Waals surface area (Å²) in [6, 6.07) is 4.37. The molecule has 6 heteroatoms. The Kier molecular flexibility index (Phi) is 5.17. The zero-order valence-electron chi connectivity index (χ0n) is 13.2. The van der Waals surface area contributed by atoms with Crippen molar-refractivity contribution in [2.75, 3.05) is 29.6 Å². The Morgan fingerprint density at radius 1 is 1.52 bits per heavy atom. The molecule has 2 heterocycles. The van der Waals surface area contributed by atoms with Crippen molar-refractivity contribution in [2.24, 2.45) is 4.99 Å². The summed E-state index contributed by atoms with van der Waals surface area (Å²) in [5.74, 6) is 1.23. The topological polar surface area (TPSA) is 52.9 Å². The second kappa shape index (κ2) is 7.14. The molecular weight excluding hydrogens is 332 g/mol. The van der Waals surface area contributed by atoms with Crippen LogP contribution in [0.5, 0.6) is 0 Å². The molecule has 0 saturated carbocycles. The SMILES string of the molecule is CC1C(CCCC(=O)O)=Nc2c1ccc1c2SCCN1CCCl. The molecule has 1 atom stereocenters. The van der Waals surface area contributed by atoms with Gasteiger partial charge in [-0.2, -0.15) is 0 Å². The number of anilines is 1. The Morgan fingerprint density at radius 2 is 2.35 bits per heavy atom. The number of benzene rings is 1. The van der Waals surface area contributed by atoms with Crippen molar-refractivity contribution < 1.29 is 9.90 Å². The summed E-state index contributed by atoms with van der Waals surface area (Å²) >= 11 is 7.79. The summed E-state index contributed by atoms with van der Waals surface area (Å²) in [5.41, 5.74) is 4.73. The van der Waals surface area contributed by atoms with Crippen LogP contribution >= 0.6 is 23.4 Å². The van der Waals surface area contributed by atoms with Gasteiger partial charge >= 0.3 is 5.97 Å². The highest BCUT2D eigenvalue weighted by molar-refractivity contribution is 7.99. The normalized spacial score (nSPS) is 19.3. The van der Waals surface area contributed by atoms with E-state index in [-0.39, 0.29) is 12.3 Å². The largest absolute Gasteiger partial charge is 0.481 e. The maximum absolute atomic E-state index is 10.7. The van der Waals surface area contributed by atoms with Gasteiger partial charge in [0.05, 0.1) is 16.3 Å². The number of fused-ring (bicyclic) bond motifs is 3. The molecular formula is C17H21ClN2O2S. The number of aliphatic carboxylic acids is 1. The first kappa shape index (κ1) is 16.7. The lowest BCUT2D eigenvalue weighted by Crippen LogP contribution is -2.30. The molecule has 1 unspecified atom stereocenters. The first-order valence-electron chi connectivity index (χ1n) is 8.01.